The molecule has 0 radical (unpaired) electrons. The van der Waals surface area contributed by atoms with Crippen LogP contribution < -0.4 is 5.32 Å². The maximum absolute atomic E-state index is 11.2. The molecule has 0 bridgehead atoms. The first-order chi connectivity index (χ1) is 7.08. The van der Waals surface area contributed by atoms with E-state index in [4.69, 9.17) is 0 Å². The number of allylic oxidation sites excluding steroid dienone is 1. The smallest absolute Gasteiger partial charge is 0.323 e. The highest BCUT2D eigenvalue weighted by molar-refractivity contribution is 5.78. The van der Waals surface area contributed by atoms with E-state index in [-0.39, 0.29) is 0 Å². The van der Waals surface area contributed by atoms with E-state index in [1.165, 1.54) is 12.8 Å². The SMILES string of the molecule is C=CCCC(C)(NC1CCCC1)C(=O)O. The number of carbonyl (C=O) groups is 1. The number of rotatable bonds is 6. The highest BCUT2D eigenvalue weighted by Crippen LogP contribution is 2.22. The third kappa shape index (κ3) is 3.34. The van der Waals surface area contributed by atoms with Crippen LogP contribution in [0.5, 0.6) is 0 Å². The van der Waals surface area contributed by atoms with E-state index in [9.17, 15) is 9.90 Å². The van der Waals surface area contributed by atoms with Crippen molar-refractivity contribution in [3.05, 3.63) is 12.7 Å². The quantitative estimate of drug-likeness (QED) is 0.663. The summed E-state index contributed by atoms with van der Waals surface area (Å²) in [6, 6.07) is 0.385. The van der Waals surface area contributed by atoms with Crippen LogP contribution in [-0.2, 0) is 4.79 Å². The summed E-state index contributed by atoms with van der Waals surface area (Å²) in [4.78, 5) is 11.2. The van der Waals surface area contributed by atoms with Crippen LogP contribution in [0.3, 0.4) is 0 Å². The van der Waals surface area contributed by atoms with Crippen molar-refractivity contribution in [2.75, 3.05) is 0 Å². The summed E-state index contributed by atoms with van der Waals surface area (Å²) in [5.74, 6) is -0.753. The van der Waals surface area contributed by atoms with E-state index < -0.39 is 11.5 Å². The van der Waals surface area contributed by atoms with Gasteiger partial charge in [0, 0.05) is 6.04 Å². The molecule has 1 aliphatic rings. The molecular weight excluding hydrogens is 190 g/mol. The van der Waals surface area contributed by atoms with Gasteiger partial charge >= 0.3 is 5.97 Å². The van der Waals surface area contributed by atoms with Crippen molar-refractivity contribution in [1.29, 1.82) is 0 Å². The van der Waals surface area contributed by atoms with Crippen LogP contribution >= 0.6 is 0 Å². The molecule has 2 N–H and O–H groups in total. The van der Waals surface area contributed by atoms with Crippen molar-refractivity contribution in [2.45, 2.75) is 57.0 Å². The highest BCUT2D eigenvalue weighted by Gasteiger charge is 2.34. The summed E-state index contributed by atoms with van der Waals surface area (Å²) in [5, 5.41) is 12.5. The molecule has 0 aromatic heterocycles. The summed E-state index contributed by atoms with van der Waals surface area (Å²) in [6.45, 7) is 5.41. The molecular formula is C12H21NO2. The van der Waals surface area contributed by atoms with Gasteiger partial charge in [0.05, 0.1) is 0 Å². The number of carboxylic acids is 1. The van der Waals surface area contributed by atoms with E-state index in [0.717, 1.165) is 19.3 Å². The molecule has 86 valence electrons. The Bertz CT molecular complexity index is 234. The van der Waals surface area contributed by atoms with Crippen molar-refractivity contribution in [3.8, 4) is 0 Å². The molecule has 0 saturated heterocycles. The zero-order valence-corrected chi connectivity index (χ0v) is 9.46. The van der Waals surface area contributed by atoms with Gasteiger partial charge in [-0.3, -0.25) is 10.1 Å². The Labute approximate surface area is 91.6 Å². The zero-order chi connectivity index (χ0) is 11.3. The van der Waals surface area contributed by atoms with Gasteiger partial charge in [0.15, 0.2) is 0 Å². The fourth-order valence-corrected chi connectivity index (χ4v) is 2.15. The number of hydrogen-bond donors (Lipinski definition) is 2. The van der Waals surface area contributed by atoms with Crippen molar-refractivity contribution >= 4 is 5.97 Å². The second kappa shape index (κ2) is 5.31. The third-order valence-electron chi connectivity index (χ3n) is 3.20. The van der Waals surface area contributed by atoms with Gasteiger partial charge in [0.25, 0.3) is 0 Å². The maximum atomic E-state index is 11.2. The summed E-state index contributed by atoms with van der Waals surface area (Å²) in [7, 11) is 0. The van der Waals surface area contributed by atoms with Crippen LogP contribution in [0.15, 0.2) is 12.7 Å². The highest BCUT2D eigenvalue weighted by atomic mass is 16.4. The molecule has 1 aliphatic carbocycles. The van der Waals surface area contributed by atoms with Crippen LogP contribution in [0.2, 0.25) is 0 Å². The van der Waals surface area contributed by atoms with Crippen LogP contribution in [0, 0.1) is 0 Å². The van der Waals surface area contributed by atoms with Gasteiger partial charge in [-0.25, -0.2) is 0 Å². The van der Waals surface area contributed by atoms with Crippen LogP contribution in [0.25, 0.3) is 0 Å². The number of carboxylic acid groups (broad SMARTS) is 1. The molecule has 0 spiro atoms. The molecule has 15 heavy (non-hydrogen) atoms. The topological polar surface area (TPSA) is 49.3 Å². The standard InChI is InChI=1S/C12H21NO2/c1-3-4-9-12(2,11(14)15)13-10-7-5-6-8-10/h3,10,13H,1,4-9H2,2H3,(H,14,15). The van der Waals surface area contributed by atoms with Gasteiger partial charge < -0.3 is 5.11 Å². The number of nitrogens with one attached hydrogen (secondary N) is 1. The fraction of sp³-hybridized carbons (Fsp3) is 0.750. The molecule has 0 heterocycles. The monoisotopic (exact) mass is 211 g/mol. The summed E-state index contributed by atoms with van der Waals surface area (Å²) in [6.07, 6.45) is 7.78. The molecule has 1 rings (SSSR count). The lowest BCUT2D eigenvalue weighted by Crippen LogP contribution is -2.53. The molecule has 1 saturated carbocycles. The first kappa shape index (κ1) is 12.2. The van der Waals surface area contributed by atoms with E-state index in [0.29, 0.717) is 12.5 Å². The lowest BCUT2D eigenvalue weighted by molar-refractivity contribution is -0.144. The Kier molecular flexibility index (Phi) is 4.33. The van der Waals surface area contributed by atoms with Crippen molar-refractivity contribution in [2.24, 2.45) is 0 Å². The molecule has 0 amide bonds. The van der Waals surface area contributed by atoms with E-state index >= 15 is 0 Å². The molecule has 0 aliphatic heterocycles. The Hall–Kier alpha value is -0.830. The third-order valence-corrected chi connectivity index (χ3v) is 3.20. The van der Waals surface area contributed by atoms with Gasteiger partial charge in [0.2, 0.25) is 0 Å². The minimum atomic E-state index is -0.788. The average Bonchev–Trinajstić information content (AvgIpc) is 2.67. The maximum Gasteiger partial charge on any atom is 0.323 e. The molecule has 0 aromatic carbocycles. The molecule has 3 nitrogen and oxygen atoms in total. The number of hydrogen-bond acceptors (Lipinski definition) is 2. The molecule has 1 unspecified atom stereocenters. The fourth-order valence-electron chi connectivity index (χ4n) is 2.15. The first-order valence-corrected chi connectivity index (χ1v) is 5.70. The summed E-state index contributed by atoms with van der Waals surface area (Å²) in [5.41, 5.74) is -0.788. The second-order valence-corrected chi connectivity index (χ2v) is 4.59. The summed E-state index contributed by atoms with van der Waals surface area (Å²) < 4.78 is 0. The lowest BCUT2D eigenvalue weighted by atomic mass is 9.94. The Morgan fingerprint density at radius 3 is 2.67 bits per heavy atom. The zero-order valence-electron chi connectivity index (χ0n) is 9.46. The Morgan fingerprint density at radius 2 is 2.20 bits per heavy atom. The Balaban J connectivity index is 2.54. The van der Waals surface area contributed by atoms with Crippen molar-refractivity contribution in [3.63, 3.8) is 0 Å². The van der Waals surface area contributed by atoms with E-state index in [2.05, 4.69) is 11.9 Å². The normalized spacial score (nSPS) is 21.1. The lowest BCUT2D eigenvalue weighted by Gasteiger charge is -2.29. The predicted octanol–water partition coefficient (Wildman–Crippen LogP) is 2.33. The summed E-state index contributed by atoms with van der Waals surface area (Å²) >= 11 is 0. The van der Waals surface area contributed by atoms with Crippen molar-refractivity contribution < 1.29 is 9.90 Å². The number of aliphatic carboxylic acids is 1. The largest absolute Gasteiger partial charge is 0.480 e. The second-order valence-electron chi connectivity index (χ2n) is 4.59. The molecule has 3 heteroatoms. The first-order valence-electron chi connectivity index (χ1n) is 5.70. The van der Waals surface area contributed by atoms with Crippen LogP contribution in [-0.4, -0.2) is 22.7 Å². The minimum absolute atomic E-state index is 0.385. The van der Waals surface area contributed by atoms with Gasteiger partial charge in [-0.15, -0.1) is 6.58 Å². The van der Waals surface area contributed by atoms with Crippen LogP contribution in [0.4, 0.5) is 0 Å². The molecule has 1 fully saturated rings. The van der Waals surface area contributed by atoms with E-state index in [1.54, 1.807) is 13.0 Å². The van der Waals surface area contributed by atoms with Crippen LogP contribution in [0.1, 0.15) is 45.4 Å². The minimum Gasteiger partial charge on any atom is -0.480 e. The van der Waals surface area contributed by atoms with Crippen molar-refractivity contribution in [1.82, 2.24) is 5.32 Å². The average molecular weight is 211 g/mol. The molecule has 1 atom stereocenters. The predicted molar refractivity (Wildman–Crippen MR) is 60.9 cm³/mol. The van der Waals surface area contributed by atoms with Gasteiger partial charge in [-0.05, 0) is 32.6 Å². The van der Waals surface area contributed by atoms with Gasteiger partial charge in [-0.2, -0.15) is 0 Å². The Morgan fingerprint density at radius 1 is 1.60 bits per heavy atom. The molecule has 0 aromatic rings. The van der Waals surface area contributed by atoms with Gasteiger partial charge in [-0.1, -0.05) is 18.9 Å². The van der Waals surface area contributed by atoms with E-state index in [1.807, 2.05) is 0 Å². The van der Waals surface area contributed by atoms with Gasteiger partial charge in [0.1, 0.15) is 5.54 Å².